The summed E-state index contributed by atoms with van der Waals surface area (Å²) >= 11 is 1.71. The Kier molecular flexibility index (Phi) is 5.43. The van der Waals surface area contributed by atoms with E-state index in [-0.39, 0.29) is 11.9 Å². The molecule has 0 rings (SSSR count). The van der Waals surface area contributed by atoms with E-state index >= 15 is 0 Å². The fourth-order valence-electron chi connectivity index (χ4n) is 0.543. The molecular formula is C6H14N2OS. The Morgan fingerprint density at radius 1 is 1.80 bits per heavy atom. The van der Waals surface area contributed by atoms with Gasteiger partial charge in [0.25, 0.3) is 0 Å². The molecule has 0 fully saturated rings. The molecule has 0 bridgehead atoms. The molecule has 4 heteroatoms. The molecule has 60 valence electrons. The van der Waals surface area contributed by atoms with Crippen LogP contribution in [0.4, 0.5) is 0 Å². The average molecular weight is 162 g/mol. The van der Waals surface area contributed by atoms with Crippen LogP contribution in [0, 0.1) is 0 Å². The molecule has 0 saturated heterocycles. The quantitative estimate of drug-likeness (QED) is 0.589. The Balaban J connectivity index is 3.50. The highest BCUT2D eigenvalue weighted by Crippen LogP contribution is 2.00. The smallest absolute Gasteiger partial charge is 0.235 e. The summed E-state index contributed by atoms with van der Waals surface area (Å²) < 4.78 is 0. The number of likely N-dealkylation sites (N-methyl/N-ethyl adjacent to an activating group) is 1. The van der Waals surface area contributed by atoms with Crippen molar-refractivity contribution in [2.24, 2.45) is 5.73 Å². The van der Waals surface area contributed by atoms with Crippen LogP contribution in [0.2, 0.25) is 0 Å². The topological polar surface area (TPSA) is 55.1 Å². The molecule has 0 aromatic heterocycles. The van der Waals surface area contributed by atoms with E-state index in [0.29, 0.717) is 0 Å². The van der Waals surface area contributed by atoms with Gasteiger partial charge in [0.15, 0.2) is 0 Å². The zero-order chi connectivity index (χ0) is 7.98. The maximum Gasteiger partial charge on any atom is 0.235 e. The molecule has 3 nitrogen and oxygen atoms in total. The second-order valence-electron chi connectivity index (χ2n) is 1.90. The van der Waals surface area contributed by atoms with Gasteiger partial charge in [-0.2, -0.15) is 11.8 Å². The average Bonchev–Trinajstić information content (AvgIpc) is 1.89. The number of nitrogens with two attached hydrogens (primary N) is 1. The molecule has 0 aliphatic carbocycles. The molecule has 3 N–H and O–H groups in total. The van der Waals surface area contributed by atoms with Crippen LogP contribution in [0.25, 0.3) is 0 Å². The van der Waals surface area contributed by atoms with Crippen molar-refractivity contribution in [2.75, 3.05) is 18.6 Å². The third-order valence-corrected chi connectivity index (χ3v) is 2.16. The lowest BCUT2D eigenvalue weighted by molar-refractivity contribution is -0.119. The molecular weight excluding hydrogens is 148 g/mol. The third kappa shape index (κ3) is 3.74. The zero-order valence-electron chi connectivity index (χ0n) is 6.39. The van der Waals surface area contributed by atoms with Crippen molar-refractivity contribution in [1.82, 2.24) is 5.32 Å². The van der Waals surface area contributed by atoms with Crippen LogP contribution >= 0.6 is 11.8 Å². The SMILES string of the molecule is CCSCC(NC)C(N)=O. The Hall–Kier alpha value is -0.220. The molecule has 0 aliphatic heterocycles. The zero-order valence-corrected chi connectivity index (χ0v) is 7.20. The Bertz CT molecular complexity index is 108. The molecule has 1 amide bonds. The van der Waals surface area contributed by atoms with Gasteiger partial charge in [-0.3, -0.25) is 4.79 Å². The summed E-state index contributed by atoms with van der Waals surface area (Å²) in [5.74, 6) is 1.51. The molecule has 0 aliphatic rings. The second kappa shape index (κ2) is 5.56. The summed E-state index contributed by atoms with van der Waals surface area (Å²) in [4.78, 5) is 10.6. The van der Waals surface area contributed by atoms with Crippen molar-refractivity contribution in [3.8, 4) is 0 Å². The summed E-state index contributed by atoms with van der Waals surface area (Å²) in [6.07, 6.45) is 0. The highest BCUT2D eigenvalue weighted by atomic mass is 32.2. The van der Waals surface area contributed by atoms with E-state index in [0.717, 1.165) is 11.5 Å². The van der Waals surface area contributed by atoms with Gasteiger partial charge < -0.3 is 11.1 Å². The standard InChI is InChI=1S/C6H14N2OS/c1-3-10-4-5(8-2)6(7)9/h5,8H,3-4H2,1-2H3,(H2,7,9). The van der Waals surface area contributed by atoms with Crippen LogP contribution in [-0.4, -0.2) is 30.5 Å². The predicted octanol–water partition coefficient (Wildman–Crippen LogP) is -0.187. The van der Waals surface area contributed by atoms with E-state index in [1.54, 1.807) is 18.8 Å². The van der Waals surface area contributed by atoms with Gasteiger partial charge in [-0.05, 0) is 12.8 Å². The number of carbonyl (C=O) groups excluding carboxylic acids is 1. The summed E-state index contributed by atoms with van der Waals surface area (Å²) in [7, 11) is 1.74. The van der Waals surface area contributed by atoms with E-state index in [4.69, 9.17) is 5.73 Å². The first-order chi connectivity index (χ1) is 4.72. The van der Waals surface area contributed by atoms with Gasteiger partial charge in [0.05, 0.1) is 6.04 Å². The van der Waals surface area contributed by atoms with Crippen LogP contribution in [-0.2, 0) is 4.79 Å². The molecule has 0 heterocycles. The number of rotatable bonds is 5. The number of thioether (sulfide) groups is 1. The summed E-state index contributed by atoms with van der Waals surface area (Å²) in [6, 6.07) is -0.176. The van der Waals surface area contributed by atoms with Gasteiger partial charge in [-0.15, -0.1) is 0 Å². The highest BCUT2D eigenvalue weighted by Gasteiger charge is 2.10. The molecule has 0 saturated carbocycles. The van der Waals surface area contributed by atoms with E-state index in [1.165, 1.54) is 0 Å². The monoisotopic (exact) mass is 162 g/mol. The number of hydrogen-bond acceptors (Lipinski definition) is 3. The molecule has 1 atom stereocenters. The number of hydrogen-bond donors (Lipinski definition) is 2. The minimum Gasteiger partial charge on any atom is -0.368 e. The summed E-state index contributed by atoms with van der Waals surface area (Å²) in [5.41, 5.74) is 5.07. The van der Waals surface area contributed by atoms with E-state index < -0.39 is 0 Å². The molecule has 1 unspecified atom stereocenters. The van der Waals surface area contributed by atoms with E-state index in [2.05, 4.69) is 12.2 Å². The minimum absolute atomic E-state index is 0.176. The van der Waals surface area contributed by atoms with Gasteiger partial charge in [0, 0.05) is 5.75 Å². The molecule has 0 aromatic rings. The van der Waals surface area contributed by atoms with E-state index in [1.807, 2.05) is 0 Å². The lowest BCUT2D eigenvalue weighted by atomic mass is 10.3. The van der Waals surface area contributed by atoms with E-state index in [9.17, 15) is 4.79 Å². The first-order valence-corrected chi connectivity index (χ1v) is 4.42. The maximum atomic E-state index is 10.6. The van der Waals surface area contributed by atoms with Crippen LogP contribution < -0.4 is 11.1 Å². The number of amides is 1. The lowest BCUT2D eigenvalue weighted by Crippen LogP contribution is -2.41. The van der Waals surface area contributed by atoms with Crippen molar-refractivity contribution >= 4 is 17.7 Å². The fraction of sp³-hybridized carbons (Fsp3) is 0.833. The van der Waals surface area contributed by atoms with Crippen LogP contribution in [0.3, 0.4) is 0 Å². The van der Waals surface area contributed by atoms with Crippen molar-refractivity contribution in [3.63, 3.8) is 0 Å². The highest BCUT2D eigenvalue weighted by molar-refractivity contribution is 7.99. The number of nitrogens with one attached hydrogen (secondary N) is 1. The normalized spacial score (nSPS) is 13.0. The van der Waals surface area contributed by atoms with Gasteiger partial charge in [-0.1, -0.05) is 6.92 Å². The van der Waals surface area contributed by atoms with Gasteiger partial charge >= 0.3 is 0 Å². The molecule has 0 spiro atoms. The first-order valence-electron chi connectivity index (χ1n) is 3.26. The Morgan fingerprint density at radius 2 is 2.40 bits per heavy atom. The van der Waals surface area contributed by atoms with Crippen molar-refractivity contribution in [3.05, 3.63) is 0 Å². The van der Waals surface area contributed by atoms with Gasteiger partial charge in [-0.25, -0.2) is 0 Å². The first kappa shape index (κ1) is 9.78. The van der Waals surface area contributed by atoms with Crippen LogP contribution in [0.15, 0.2) is 0 Å². The molecule has 0 aromatic carbocycles. The fourth-order valence-corrected chi connectivity index (χ4v) is 1.35. The minimum atomic E-state index is -0.275. The summed E-state index contributed by atoms with van der Waals surface area (Å²) in [5, 5.41) is 2.84. The summed E-state index contributed by atoms with van der Waals surface area (Å²) in [6.45, 7) is 2.05. The molecule has 10 heavy (non-hydrogen) atoms. The number of primary amides is 1. The Morgan fingerprint density at radius 3 is 2.70 bits per heavy atom. The lowest BCUT2D eigenvalue weighted by Gasteiger charge is -2.09. The van der Waals surface area contributed by atoms with Crippen molar-refractivity contribution in [1.29, 1.82) is 0 Å². The van der Waals surface area contributed by atoms with Crippen molar-refractivity contribution < 1.29 is 4.79 Å². The second-order valence-corrected chi connectivity index (χ2v) is 3.22. The predicted molar refractivity (Wildman–Crippen MR) is 45.0 cm³/mol. The van der Waals surface area contributed by atoms with Crippen LogP contribution in [0.1, 0.15) is 6.92 Å². The van der Waals surface area contributed by atoms with Crippen LogP contribution in [0.5, 0.6) is 0 Å². The molecule has 0 radical (unpaired) electrons. The Labute approximate surface area is 65.7 Å². The maximum absolute atomic E-state index is 10.6. The van der Waals surface area contributed by atoms with Crippen molar-refractivity contribution in [2.45, 2.75) is 13.0 Å². The van der Waals surface area contributed by atoms with Gasteiger partial charge in [0.1, 0.15) is 0 Å². The largest absolute Gasteiger partial charge is 0.368 e. The third-order valence-electron chi connectivity index (χ3n) is 1.18. The number of carbonyl (C=O) groups is 1. The van der Waals surface area contributed by atoms with Gasteiger partial charge in [0.2, 0.25) is 5.91 Å².